The maximum atomic E-state index is 8.92. The molecule has 27 heavy (non-hydrogen) atoms. The van der Waals surface area contributed by atoms with E-state index in [-0.39, 0.29) is 0 Å². The Bertz CT molecular complexity index is 1130. The lowest BCUT2D eigenvalue weighted by molar-refractivity contribution is 0.961. The summed E-state index contributed by atoms with van der Waals surface area (Å²) in [6.45, 7) is 2.08. The van der Waals surface area contributed by atoms with Gasteiger partial charge in [-0.2, -0.15) is 5.26 Å². The number of aromatic nitrogens is 2. The molecule has 0 unspecified atom stereocenters. The number of benzene rings is 3. The van der Waals surface area contributed by atoms with E-state index in [1.807, 2.05) is 36.4 Å². The van der Waals surface area contributed by atoms with Crippen LogP contribution in [0.4, 0.5) is 0 Å². The van der Waals surface area contributed by atoms with Crippen LogP contribution in [0.1, 0.15) is 16.7 Å². The van der Waals surface area contributed by atoms with Crippen LogP contribution < -0.4 is 0 Å². The standard InChI is InChI=1S/C23H17N3S/c1-16-6-12-19(13-7-16)22-20-4-2-3-5-21(20)23(26-25-22)27-15-18-10-8-17(14-24)9-11-18/h2-13H,15H2,1H3. The molecule has 4 heteroatoms. The Balaban J connectivity index is 1.67. The molecule has 0 aliphatic carbocycles. The minimum Gasteiger partial charge on any atom is -0.192 e. The smallest absolute Gasteiger partial charge is 0.127 e. The molecule has 0 spiro atoms. The van der Waals surface area contributed by atoms with Gasteiger partial charge in [0.15, 0.2) is 0 Å². The van der Waals surface area contributed by atoms with Crippen molar-refractivity contribution in [2.45, 2.75) is 17.7 Å². The Morgan fingerprint density at radius 2 is 1.56 bits per heavy atom. The van der Waals surface area contributed by atoms with Crippen molar-refractivity contribution in [3.05, 3.63) is 89.5 Å². The topological polar surface area (TPSA) is 49.6 Å². The number of nitrogens with zero attached hydrogens (tertiary/aromatic N) is 3. The molecule has 1 heterocycles. The lowest BCUT2D eigenvalue weighted by atomic mass is 10.0. The Hall–Kier alpha value is -3.16. The summed E-state index contributed by atoms with van der Waals surface area (Å²) in [6, 6.07) is 26.5. The molecular formula is C23H17N3S. The molecule has 130 valence electrons. The van der Waals surface area contributed by atoms with Crippen molar-refractivity contribution in [1.29, 1.82) is 5.26 Å². The van der Waals surface area contributed by atoms with Crippen molar-refractivity contribution < 1.29 is 0 Å². The number of hydrogen-bond donors (Lipinski definition) is 0. The normalized spacial score (nSPS) is 10.7. The van der Waals surface area contributed by atoms with Gasteiger partial charge in [-0.25, -0.2) is 0 Å². The molecule has 0 bridgehead atoms. The summed E-state index contributed by atoms with van der Waals surface area (Å²) in [5.41, 5.74) is 5.05. The minimum atomic E-state index is 0.677. The van der Waals surface area contributed by atoms with E-state index in [1.165, 1.54) is 5.56 Å². The fraction of sp³-hybridized carbons (Fsp3) is 0.0870. The summed E-state index contributed by atoms with van der Waals surface area (Å²) in [7, 11) is 0. The molecule has 0 atom stereocenters. The zero-order chi connectivity index (χ0) is 18.6. The van der Waals surface area contributed by atoms with Gasteiger partial charge in [-0.05, 0) is 24.6 Å². The molecular weight excluding hydrogens is 350 g/mol. The number of nitriles is 1. The molecule has 4 aromatic rings. The third-order valence-electron chi connectivity index (χ3n) is 4.44. The van der Waals surface area contributed by atoms with Gasteiger partial charge in [0, 0.05) is 22.1 Å². The predicted molar refractivity (Wildman–Crippen MR) is 110 cm³/mol. The van der Waals surface area contributed by atoms with E-state index >= 15 is 0 Å². The van der Waals surface area contributed by atoms with Crippen LogP contribution in [0.5, 0.6) is 0 Å². The third kappa shape index (κ3) is 3.69. The van der Waals surface area contributed by atoms with Crippen LogP contribution in [0.15, 0.2) is 77.8 Å². The van der Waals surface area contributed by atoms with Crippen LogP contribution in [0.2, 0.25) is 0 Å². The fourth-order valence-corrected chi connectivity index (χ4v) is 3.87. The number of thioether (sulfide) groups is 1. The largest absolute Gasteiger partial charge is 0.192 e. The monoisotopic (exact) mass is 367 g/mol. The highest BCUT2D eigenvalue weighted by Gasteiger charge is 2.11. The molecule has 0 N–H and O–H groups in total. The van der Waals surface area contributed by atoms with E-state index in [1.54, 1.807) is 11.8 Å². The van der Waals surface area contributed by atoms with Gasteiger partial charge in [-0.15, -0.1) is 10.2 Å². The Labute approximate surface area is 162 Å². The summed E-state index contributed by atoms with van der Waals surface area (Å²) in [6.07, 6.45) is 0. The lowest BCUT2D eigenvalue weighted by Crippen LogP contribution is -1.94. The average molecular weight is 367 g/mol. The average Bonchev–Trinajstić information content (AvgIpc) is 2.73. The maximum Gasteiger partial charge on any atom is 0.127 e. The van der Waals surface area contributed by atoms with Crippen molar-refractivity contribution >= 4 is 22.5 Å². The van der Waals surface area contributed by atoms with Crippen LogP contribution in [0, 0.1) is 18.3 Å². The van der Waals surface area contributed by atoms with Gasteiger partial charge in [0.25, 0.3) is 0 Å². The van der Waals surface area contributed by atoms with Gasteiger partial charge in [-0.3, -0.25) is 0 Å². The van der Waals surface area contributed by atoms with Gasteiger partial charge in [0.2, 0.25) is 0 Å². The quantitative estimate of drug-likeness (QED) is 0.430. The molecule has 3 aromatic carbocycles. The SMILES string of the molecule is Cc1ccc(-c2nnc(SCc3ccc(C#N)cc3)c3ccccc23)cc1. The Kier molecular flexibility index (Phi) is 4.86. The van der Waals surface area contributed by atoms with Crippen molar-refractivity contribution in [2.75, 3.05) is 0 Å². The summed E-state index contributed by atoms with van der Waals surface area (Å²) < 4.78 is 0. The highest BCUT2D eigenvalue weighted by Crippen LogP contribution is 2.33. The number of fused-ring (bicyclic) bond motifs is 1. The first-order valence-corrected chi connectivity index (χ1v) is 9.67. The van der Waals surface area contributed by atoms with Gasteiger partial charge < -0.3 is 0 Å². The molecule has 0 fully saturated rings. The van der Waals surface area contributed by atoms with E-state index < -0.39 is 0 Å². The van der Waals surface area contributed by atoms with Crippen molar-refractivity contribution in [1.82, 2.24) is 10.2 Å². The summed E-state index contributed by atoms with van der Waals surface area (Å²) >= 11 is 1.67. The molecule has 3 nitrogen and oxygen atoms in total. The third-order valence-corrected chi connectivity index (χ3v) is 5.49. The van der Waals surface area contributed by atoms with E-state index in [0.717, 1.165) is 38.4 Å². The van der Waals surface area contributed by atoms with Crippen molar-refractivity contribution in [2.24, 2.45) is 0 Å². The second-order valence-corrected chi connectivity index (χ2v) is 7.33. The molecule has 0 aliphatic rings. The first-order valence-electron chi connectivity index (χ1n) is 8.69. The van der Waals surface area contributed by atoms with E-state index in [0.29, 0.717) is 5.56 Å². The Morgan fingerprint density at radius 3 is 2.26 bits per heavy atom. The second-order valence-electron chi connectivity index (χ2n) is 6.36. The molecule has 0 aliphatic heterocycles. The van der Waals surface area contributed by atoms with Crippen LogP contribution >= 0.6 is 11.8 Å². The van der Waals surface area contributed by atoms with Crippen LogP contribution in [-0.2, 0) is 5.75 Å². The fourth-order valence-electron chi connectivity index (χ4n) is 2.94. The van der Waals surface area contributed by atoms with Crippen LogP contribution in [0.3, 0.4) is 0 Å². The van der Waals surface area contributed by atoms with Gasteiger partial charge in [0.1, 0.15) is 10.7 Å². The van der Waals surface area contributed by atoms with Crippen molar-refractivity contribution in [3.8, 4) is 17.3 Å². The molecule has 0 saturated heterocycles. The van der Waals surface area contributed by atoms with Crippen LogP contribution in [-0.4, -0.2) is 10.2 Å². The van der Waals surface area contributed by atoms with E-state index in [4.69, 9.17) is 5.26 Å². The lowest BCUT2D eigenvalue weighted by Gasteiger charge is -2.09. The van der Waals surface area contributed by atoms with Gasteiger partial charge >= 0.3 is 0 Å². The first kappa shape index (κ1) is 17.3. The van der Waals surface area contributed by atoms with E-state index in [9.17, 15) is 0 Å². The zero-order valence-electron chi connectivity index (χ0n) is 14.9. The number of aryl methyl sites for hydroxylation is 1. The second kappa shape index (κ2) is 7.61. The zero-order valence-corrected chi connectivity index (χ0v) is 15.7. The maximum absolute atomic E-state index is 8.92. The molecule has 0 radical (unpaired) electrons. The minimum absolute atomic E-state index is 0.677. The van der Waals surface area contributed by atoms with Gasteiger partial charge in [0.05, 0.1) is 11.6 Å². The predicted octanol–water partition coefficient (Wildman–Crippen LogP) is 5.77. The summed E-state index contributed by atoms with van der Waals surface area (Å²) in [5.74, 6) is 0.786. The van der Waals surface area contributed by atoms with Gasteiger partial charge in [-0.1, -0.05) is 78.0 Å². The highest BCUT2D eigenvalue weighted by atomic mass is 32.2. The molecule has 1 aromatic heterocycles. The van der Waals surface area contributed by atoms with Crippen LogP contribution in [0.25, 0.3) is 22.0 Å². The summed E-state index contributed by atoms with van der Waals surface area (Å²) in [4.78, 5) is 0. The highest BCUT2D eigenvalue weighted by molar-refractivity contribution is 7.98. The molecule has 0 saturated carbocycles. The number of rotatable bonds is 4. The Morgan fingerprint density at radius 1 is 0.852 bits per heavy atom. The summed E-state index contributed by atoms with van der Waals surface area (Å²) in [5, 5.41) is 21.1. The molecule has 0 amide bonds. The number of hydrogen-bond acceptors (Lipinski definition) is 4. The molecule has 4 rings (SSSR count). The van der Waals surface area contributed by atoms with Crippen molar-refractivity contribution in [3.63, 3.8) is 0 Å². The first-order chi connectivity index (χ1) is 13.2. The van der Waals surface area contributed by atoms with E-state index in [2.05, 4.69) is 59.6 Å².